The van der Waals surface area contributed by atoms with Gasteiger partial charge in [0.1, 0.15) is 6.07 Å². The lowest BCUT2D eigenvalue weighted by atomic mass is 9.81. The van der Waals surface area contributed by atoms with E-state index in [1.807, 2.05) is 6.07 Å². The zero-order chi connectivity index (χ0) is 10.7. The second-order valence-corrected chi connectivity index (χ2v) is 3.70. The van der Waals surface area contributed by atoms with Crippen molar-refractivity contribution in [3.8, 4) is 6.07 Å². The van der Waals surface area contributed by atoms with Gasteiger partial charge in [0.25, 0.3) is 0 Å². The topological polar surface area (TPSA) is 57.9 Å². The minimum absolute atomic E-state index is 0.675. The second kappa shape index (κ2) is 4.19. The highest BCUT2D eigenvalue weighted by molar-refractivity contribution is 7.77. The van der Waals surface area contributed by atoms with E-state index < -0.39 is 5.60 Å². The summed E-state index contributed by atoms with van der Waals surface area (Å²) >= 11 is 3.79. The van der Waals surface area contributed by atoms with E-state index in [1.165, 1.54) is 0 Å². The van der Waals surface area contributed by atoms with Gasteiger partial charge in [-0.2, -0.15) is 5.26 Å². The van der Waals surface area contributed by atoms with Gasteiger partial charge in [0, 0.05) is 18.0 Å². The van der Waals surface area contributed by atoms with Gasteiger partial charge >= 0.3 is 0 Å². The highest BCUT2D eigenvalue weighted by Gasteiger charge is 2.38. The predicted octanol–water partition coefficient (Wildman–Crippen LogP) is 1.50. The molecular formula is C10H11N3OS. The van der Waals surface area contributed by atoms with Crippen molar-refractivity contribution in [1.82, 2.24) is 9.87 Å². The molecule has 0 amide bonds. The maximum absolute atomic E-state index is 9.25. The number of aryl methyl sites for hydroxylation is 1. The van der Waals surface area contributed by atoms with E-state index in [1.54, 1.807) is 12.4 Å². The zero-order valence-electron chi connectivity index (χ0n) is 8.10. The van der Waals surface area contributed by atoms with E-state index in [2.05, 4.69) is 28.8 Å². The minimum Gasteiger partial charge on any atom is -0.265 e. The molecule has 0 aromatic carbocycles. The van der Waals surface area contributed by atoms with Crippen LogP contribution in [0.15, 0.2) is 18.5 Å². The SMILES string of the molecule is N#CC1(ONS)CCCc2cnccc21. The quantitative estimate of drug-likeness (QED) is 0.587. The molecular weight excluding hydrogens is 210 g/mol. The van der Waals surface area contributed by atoms with Gasteiger partial charge in [-0.15, -0.1) is 4.89 Å². The molecule has 1 aliphatic carbocycles. The molecule has 4 nitrogen and oxygen atoms in total. The molecule has 0 spiro atoms. The highest BCUT2D eigenvalue weighted by Crippen LogP contribution is 2.36. The van der Waals surface area contributed by atoms with E-state index in [9.17, 15) is 5.26 Å². The summed E-state index contributed by atoms with van der Waals surface area (Å²) in [5.74, 6) is 0. The van der Waals surface area contributed by atoms with Crippen LogP contribution in [0.25, 0.3) is 0 Å². The molecule has 5 heteroatoms. The maximum atomic E-state index is 9.25. The third kappa shape index (κ3) is 1.72. The second-order valence-electron chi connectivity index (χ2n) is 3.52. The van der Waals surface area contributed by atoms with Crippen molar-refractivity contribution in [2.75, 3.05) is 0 Å². The fraction of sp³-hybridized carbons (Fsp3) is 0.400. The lowest BCUT2D eigenvalue weighted by Gasteiger charge is -2.31. The van der Waals surface area contributed by atoms with Crippen molar-refractivity contribution < 1.29 is 4.84 Å². The van der Waals surface area contributed by atoms with Gasteiger partial charge in [0.05, 0.1) is 0 Å². The number of fused-ring (bicyclic) bond motifs is 1. The lowest BCUT2D eigenvalue weighted by Crippen LogP contribution is -2.35. The fourth-order valence-corrected chi connectivity index (χ4v) is 2.16. The van der Waals surface area contributed by atoms with Crippen LogP contribution in [-0.4, -0.2) is 4.98 Å². The lowest BCUT2D eigenvalue weighted by molar-refractivity contribution is -0.0448. The molecule has 1 heterocycles. The van der Waals surface area contributed by atoms with Crippen LogP contribution < -0.4 is 4.89 Å². The number of nitrogens with one attached hydrogen (secondary N) is 1. The Morgan fingerprint density at radius 3 is 3.27 bits per heavy atom. The molecule has 1 N–H and O–H groups in total. The number of hydrogen-bond donors (Lipinski definition) is 2. The molecule has 15 heavy (non-hydrogen) atoms. The predicted molar refractivity (Wildman–Crippen MR) is 57.7 cm³/mol. The van der Waals surface area contributed by atoms with Crippen molar-refractivity contribution >= 4 is 12.8 Å². The number of pyridine rings is 1. The minimum atomic E-state index is -0.918. The van der Waals surface area contributed by atoms with E-state index in [0.29, 0.717) is 6.42 Å². The summed E-state index contributed by atoms with van der Waals surface area (Å²) in [5.41, 5.74) is 1.06. The van der Waals surface area contributed by atoms with E-state index >= 15 is 0 Å². The van der Waals surface area contributed by atoms with Gasteiger partial charge in [-0.05, 0) is 30.9 Å². The number of aromatic nitrogens is 1. The Morgan fingerprint density at radius 1 is 1.67 bits per heavy atom. The number of rotatable bonds is 2. The first kappa shape index (κ1) is 10.4. The monoisotopic (exact) mass is 221 g/mol. The first-order chi connectivity index (χ1) is 7.32. The average molecular weight is 221 g/mol. The standard InChI is InChI=1S/C10H11N3OS/c11-7-10(14-13-15)4-1-2-8-6-12-5-3-9(8)10/h3,5-6,13,15H,1-2,4H2. The highest BCUT2D eigenvalue weighted by atomic mass is 32.1. The van der Waals surface area contributed by atoms with Crippen LogP contribution in [0.3, 0.4) is 0 Å². The molecule has 1 unspecified atom stereocenters. The summed E-state index contributed by atoms with van der Waals surface area (Å²) in [6.45, 7) is 0. The molecule has 78 valence electrons. The van der Waals surface area contributed by atoms with E-state index in [0.717, 1.165) is 24.0 Å². The van der Waals surface area contributed by atoms with Crippen molar-refractivity contribution in [3.05, 3.63) is 29.6 Å². The Bertz CT molecular complexity index is 404. The molecule has 1 atom stereocenters. The summed E-state index contributed by atoms with van der Waals surface area (Å²) in [6, 6.07) is 4.05. The maximum Gasteiger partial charge on any atom is 0.201 e. The molecule has 0 saturated heterocycles. The van der Waals surface area contributed by atoms with Crippen molar-refractivity contribution in [2.24, 2.45) is 0 Å². The number of nitrogens with zero attached hydrogens (tertiary/aromatic N) is 2. The molecule has 2 rings (SSSR count). The van der Waals surface area contributed by atoms with Crippen LogP contribution in [0.2, 0.25) is 0 Å². The van der Waals surface area contributed by atoms with Crippen LogP contribution in [0.5, 0.6) is 0 Å². The Hall–Kier alpha value is -1.09. The summed E-state index contributed by atoms with van der Waals surface area (Å²) in [7, 11) is 0. The van der Waals surface area contributed by atoms with E-state index in [-0.39, 0.29) is 0 Å². The van der Waals surface area contributed by atoms with Crippen LogP contribution in [0, 0.1) is 11.3 Å². The summed E-state index contributed by atoms with van der Waals surface area (Å²) < 4.78 is 0. The number of hydrogen-bond acceptors (Lipinski definition) is 5. The molecule has 1 aliphatic rings. The molecule has 0 bridgehead atoms. The molecule has 0 radical (unpaired) electrons. The number of nitriles is 1. The Balaban J connectivity index is 2.48. The molecule has 0 saturated carbocycles. The molecule has 1 aromatic rings. The molecule has 0 fully saturated rings. The first-order valence-electron chi connectivity index (χ1n) is 4.74. The van der Waals surface area contributed by atoms with Gasteiger partial charge in [-0.25, -0.2) is 0 Å². The van der Waals surface area contributed by atoms with Crippen molar-refractivity contribution in [3.63, 3.8) is 0 Å². The third-order valence-corrected chi connectivity index (χ3v) is 2.81. The first-order valence-corrected chi connectivity index (χ1v) is 5.19. The smallest absolute Gasteiger partial charge is 0.201 e. The van der Waals surface area contributed by atoms with Gasteiger partial charge in [-0.1, -0.05) is 12.8 Å². The summed E-state index contributed by atoms with van der Waals surface area (Å²) in [5, 5.41) is 9.25. The van der Waals surface area contributed by atoms with Gasteiger partial charge in [0.15, 0.2) is 0 Å². The van der Waals surface area contributed by atoms with Gasteiger partial charge in [-0.3, -0.25) is 9.82 Å². The fourth-order valence-electron chi connectivity index (χ4n) is 2.01. The molecule has 1 aromatic heterocycles. The van der Waals surface area contributed by atoms with E-state index in [4.69, 9.17) is 4.84 Å². The van der Waals surface area contributed by atoms with Gasteiger partial charge < -0.3 is 0 Å². The summed E-state index contributed by atoms with van der Waals surface area (Å²) in [6.07, 6.45) is 6.01. The number of thiol groups is 1. The zero-order valence-corrected chi connectivity index (χ0v) is 9.00. The van der Waals surface area contributed by atoms with Crippen LogP contribution in [0.4, 0.5) is 0 Å². The Labute approximate surface area is 93.8 Å². The molecule has 0 aliphatic heterocycles. The Morgan fingerprint density at radius 2 is 2.53 bits per heavy atom. The normalized spacial score (nSPS) is 24.3. The van der Waals surface area contributed by atoms with Crippen molar-refractivity contribution in [2.45, 2.75) is 24.9 Å². The average Bonchev–Trinajstić information content (AvgIpc) is 2.30. The van der Waals surface area contributed by atoms with Crippen LogP contribution in [-0.2, 0) is 16.9 Å². The Kier molecular flexibility index (Phi) is 2.91. The van der Waals surface area contributed by atoms with Crippen LogP contribution >= 0.6 is 12.8 Å². The third-order valence-electron chi connectivity index (χ3n) is 2.71. The van der Waals surface area contributed by atoms with Gasteiger partial charge in [0.2, 0.25) is 5.60 Å². The van der Waals surface area contributed by atoms with Crippen molar-refractivity contribution in [1.29, 1.82) is 5.26 Å². The summed E-state index contributed by atoms with van der Waals surface area (Å²) in [4.78, 5) is 11.6. The van der Waals surface area contributed by atoms with Crippen LogP contribution in [0.1, 0.15) is 24.0 Å². The largest absolute Gasteiger partial charge is 0.265 e.